The molecule has 0 amide bonds. The summed E-state index contributed by atoms with van der Waals surface area (Å²) in [5.74, 6) is 0. The van der Waals surface area contributed by atoms with E-state index in [9.17, 15) is 0 Å². The normalized spacial score (nSPS) is 13.4. The zero-order valence-corrected chi connectivity index (χ0v) is 9.74. The Labute approximate surface area is 65.3 Å². The van der Waals surface area contributed by atoms with E-state index in [1.165, 1.54) is 0 Å². The summed E-state index contributed by atoms with van der Waals surface area (Å²) >= 11 is 6.21. The molecule has 0 aromatic carbocycles. The maximum atomic E-state index is 6.21. The number of nitrogens with zero attached hydrogens (tertiary/aromatic N) is 1. The molecule has 0 spiro atoms. The van der Waals surface area contributed by atoms with E-state index in [0.717, 1.165) is 13.2 Å². The van der Waals surface area contributed by atoms with E-state index >= 15 is 0 Å². The van der Waals surface area contributed by atoms with Gasteiger partial charge >= 0.3 is 64.7 Å². The first kappa shape index (κ1) is 9.68. The minimum atomic E-state index is 0.554. The van der Waals surface area contributed by atoms with Gasteiger partial charge in [-0.2, -0.15) is 0 Å². The van der Waals surface area contributed by atoms with Crippen LogP contribution < -0.4 is 0 Å². The Kier molecular flexibility index (Phi) is 3.42. The molecule has 0 aromatic heterocycles. The van der Waals surface area contributed by atoms with Gasteiger partial charge in [0.2, 0.25) is 0 Å². The van der Waals surface area contributed by atoms with Gasteiger partial charge in [-0.1, -0.05) is 0 Å². The third kappa shape index (κ3) is 2.41. The summed E-state index contributed by atoms with van der Waals surface area (Å²) in [4.78, 5) is 0. The van der Waals surface area contributed by atoms with Crippen LogP contribution in [0.3, 0.4) is 0 Å². The average molecular weight is 171 g/mol. The van der Waals surface area contributed by atoms with Crippen LogP contribution in [0.4, 0.5) is 0 Å². The molecule has 0 fully saturated rings. The minimum absolute atomic E-state index is 0.554. The van der Waals surface area contributed by atoms with Crippen LogP contribution >= 0.6 is 21.2 Å². The van der Waals surface area contributed by atoms with Crippen molar-refractivity contribution in [1.82, 2.24) is 0 Å². The van der Waals surface area contributed by atoms with Crippen molar-refractivity contribution in [2.75, 3.05) is 0 Å². The van der Waals surface area contributed by atoms with Crippen molar-refractivity contribution in [3.05, 3.63) is 0 Å². The van der Waals surface area contributed by atoms with E-state index in [1.54, 1.807) is 0 Å². The van der Waals surface area contributed by atoms with Crippen LogP contribution in [0.25, 0.3) is 0 Å². The third-order valence-electron chi connectivity index (χ3n) is 2.02. The topological polar surface area (TPSA) is 0 Å². The second-order valence-electron chi connectivity index (χ2n) is 3.22. The summed E-state index contributed by atoms with van der Waals surface area (Å²) in [5.41, 5.74) is 0. The predicted molar refractivity (Wildman–Crippen MR) is 48.9 cm³/mol. The summed E-state index contributed by atoms with van der Waals surface area (Å²) in [7, 11) is 1.02. The summed E-state index contributed by atoms with van der Waals surface area (Å²) < 4.78 is 0.722. The van der Waals surface area contributed by atoms with Crippen molar-refractivity contribution in [1.29, 1.82) is 0 Å². The molecule has 0 saturated heterocycles. The van der Waals surface area contributed by atoms with Crippen molar-refractivity contribution < 1.29 is 3.77 Å². The number of rotatable bonds is 2. The number of halogens is 1. The van der Waals surface area contributed by atoms with Gasteiger partial charge in [0.1, 0.15) is 0 Å². The van der Waals surface area contributed by atoms with E-state index in [1.807, 2.05) is 0 Å². The number of quaternary nitrogens is 1. The Morgan fingerprint density at radius 1 is 1.11 bits per heavy atom. The van der Waals surface area contributed by atoms with Gasteiger partial charge in [-0.15, -0.1) is 0 Å². The van der Waals surface area contributed by atoms with Gasteiger partial charge in [0, 0.05) is 0 Å². The standard InChI is InChI=1S/C6H18ClNP/c1-5(2)8(7,9)6(3)4/h5-6H,1-4H3,9H4/q+1. The molecule has 9 heavy (non-hydrogen) atoms. The SMILES string of the molecule is CC(C)[N+]([PH4])(Cl)C(C)C. The van der Waals surface area contributed by atoms with Crippen molar-refractivity contribution in [3.63, 3.8) is 0 Å². The van der Waals surface area contributed by atoms with E-state index in [-0.39, 0.29) is 0 Å². The van der Waals surface area contributed by atoms with Crippen molar-refractivity contribution >= 4 is 21.2 Å². The fourth-order valence-electron chi connectivity index (χ4n) is 0.596. The average Bonchev–Trinajstić information content (AvgIpc) is 1.65. The molecular weight excluding hydrogens is 152 g/mol. The van der Waals surface area contributed by atoms with Crippen LogP contribution in [-0.4, -0.2) is 15.9 Å². The van der Waals surface area contributed by atoms with Gasteiger partial charge in [0.15, 0.2) is 0 Å². The molecule has 0 aromatic rings. The van der Waals surface area contributed by atoms with Gasteiger partial charge in [0.25, 0.3) is 0 Å². The molecule has 0 saturated carbocycles. The monoisotopic (exact) mass is 170 g/mol. The van der Waals surface area contributed by atoms with E-state index in [2.05, 4.69) is 27.7 Å². The second kappa shape index (κ2) is 3.18. The van der Waals surface area contributed by atoms with Crippen molar-refractivity contribution in [2.45, 2.75) is 39.8 Å². The quantitative estimate of drug-likeness (QED) is 0.440. The third-order valence-corrected chi connectivity index (χ3v) is 4.87. The molecule has 0 unspecified atom stereocenters. The molecule has 0 radical (unpaired) electrons. The van der Waals surface area contributed by atoms with Crippen LogP contribution in [0.1, 0.15) is 27.7 Å². The van der Waals surface area contributed by atoms with Crippen LogP contribution in [0.5, 0.6) is 0 Å². The van der Waals surface area contributed by atoms with Crippen molar-refractivity contribution in [2.24, 2.45) is 0 Å². The van der Waals surface area contributed by atoms with E-state index < -0.39 is 0 Å². The van der Waals surface area contributed by atoms with Crippen LogP contribution in [0, 0.1) is 0 Å². The molecule has 0 N–H and O–H groups in total. The fraction of sp³-hybridized carbons (Fsp3) is 1.00. The zero-order valence-electron chi connectivity index (χ0n) is 6.98. The molecule has 0 aliphatic heterocycles. The fourth-order valence-corrected chi connectivity index (χ4v) is 0.596. The Hall–Kier alpha value is 0.680. The van der Waals surface area contributed by atoms with Gasteiger partial charge in [0.05, 0.1) is 0 Å². The Morgan fingerprint density at radius 3 is 1.33 bits per heavy atom. The molecule has 0 heterocycles. The van der Waals surface area contributed by atoms with Crippen LogP contribution in [-0.2, 0) is 0 Å². The molecule has 58 valence electrons. The van der Waals surface area contributed by atoms with E-state index in [4.69, 9.17) is 11.8 Å². The maximum absolute atomic E-state index is 6.21. The summed E-state index contributed by atoms with van der Waals surface area (Å²) in [5, 5.41) is 0. The number of hydrogen-bond donors (Lipinski definition) is 0. The Morgan fingerprint density at radius 2 is 1.33 bits per heavy atom. The molecule has 0 aliphatic carbocycles. The summed E-state index contributed by atoms with van der Waals surface area (Å²) in [6, 6.07) is 1.11. The molecule has 0 atom stereocenters. The van der Waals surface area contributed by atoms with Gasteiger partial charge < -0.3 is 0 Å². The second-order valence-corrected chi connectivity index (χ2v) is 5.99. The predicted octanol–water partition coefficient (Wildman–Crippen LogP) is 2.03. The number of hydrogen-bond acceptors (Lipinski definition) is 0. The van der Waals surface area contributed by atoms with Gasteiger partial charge in [-0.25, -0.2) is 0 Å². The summed E-state index contributed by atoms with van der Waals surface area (Å²) in [6.07, 6.45) is 0. The zero-order chi connectivity index (χ0) is 7.65. The first-order valence-electron chi connectivity index (χ1n) is 3.44. The van der Waals surface area contributed by atoms with E-state index in [0.29, 0.717) is 12.1 Å². The van der Waals surface area contributed by atoms with Crippen molar-refractivity contribution in [3.8, 4) is 0 Å². The summed E-state index contributed by atoms with van der Waals surface area (Å²) in [6.45, 7) is 8.67. The van der Waals surface area contributed by atoms with Gasteiger partial charge in [-0.3, -0.25) is 0 Å². The Bertz CT molecular complexity index is 81.1. The Balaban J connectivity index is 4.01. The molecular formula is C6H18ClNP+. The molecule has 3 heteroatoms. The molecule has 0 aliphatic rings. The van der Waals surface area contributed by atoms with Crippen LogP contribution in [0.2, 0.25) is 0 Å². The first-order chi connectivity index (χ1) is 3.89. The van der Waals surface area contributed by atoms with Crippen LogP contribution in [0.15, 0.2) is 0 Å². The molecule has 0 rings (SSSR count). The van der Waals surface area contributed by atoms with Gasteiger partial charge in [-0.05, 0) is 0 Å². The first-order valence-corrected chi connectivity index (χ1v) is 4.67. The molecule has 0 bridgehead atoms. The molecule has 1 nitrogen and oxygen atoms in total.